The number of carbonyl (C=O) groups is 1. The molecule has 2 aromatic carbocycles. The van der Waals surface area contributed by atoms with E-state index in [9.17, 15) is 18.0 Å². The van der Waals surface area contributed by atoms with Gasteiger partial charge in [-0.2, -0.15) is 0 Å². The van der Waals surface area contributed by atoms with Crippen molar-refractivity contribution in [3.8, 4) is 0 Å². The van der Waals surface area contributed by atoms with Crippen LogP contribution in [0.25, 0.3) is 11.1 Å². The number of amides is 1. The van der Waals surface area contributed by atoms with Crippen molar-refractivity contribution in [2.24, 2.45) is 5.73 Å². The van der Waals surface area contributed by atoms with Crippen LogP contribution < -0.4 is 16.2 Å². The van der Waals surface area contributed by atoms with Crippen LogP contribution in [0.1, 0.15) is 17.3 Å². The first-order chi connectivity index (χ1) is 11.8. The summed E-state index contributed by atoms with van der Waals surface area (Å²) in [5.41, 5.74) is 6.27. The zero-order chi connectivity index (χ0) is 18.2. The van der Waals surface area contributed by atoms with Gasteiger partial charge in [-0.15, -0.1) is 0 Å². The lowest BCUT2D eigenvalue weighted by Gasteiger charge is -2.09. The van der Waals surface area contributed by atoms with Crippen molar-refractivity contribution >= 4 is 32.7 Å². The molecule has 0 atom stereocenters. The number of sulfonamides is 1. The first-order valence-electron chi connectivity index (χ1n) is 7.38. The molecular formula is C16H15N3O5S. The van der Waals surface area contributed by atoms with E-state index in [-0.39, 0.29) is 21.7 Å². The number of carbonyl (C=O) groups excluding carboxylic acids is 1. The number of oxazole rings is 1. The Morgan fingerprint density at radius 1 is 1.24 bits per heavy atom. The smallest absolute Gasteiger partial charge is 0.408 e. The normalized spacial score (nSPS) is 11.6. The van der Waals surface area contributed by atoms with Gasteiger partial charge in [0.05, 0.1) is 10.4 Å². The third kappa shape index (κ3) is 3.13. The maximum Gasteiger partial charge on any atom is 0.419 e. The van der Waals surface area contributed by atoms with Gasteiger partial charge in [0.1, 0.15) is 0 Å². The first-order valence-corrected chi connectivity index (χ1v) is 8.86. The average molecular weight is 361 g/mol. The van der Waals surface area contributed by atoms with E-state index in [1.54, 1.807) is 6.92 Å². The molecular weight excluding hydrogens is 346 g/mol. The van der Waals surface area contributed by atoms with Crippen LogP contribution in [-0.4, -0.2) is 18.9 Å². The van der Waals surface area contributed by atoms with Crippen molar-refractivity contribution in [1.82, 2.24) is 4.57 Å². The predicted octanol–water partition coefficient (Wildman–Crippen LogP) is 1.51. The number of aromatic nitrogens is 1. The third-order valence-corrected chi connectivity index (χ3v) is 5.04. The number of aryl methyl sites for hydroxylation is 1. The molecule has 0 aliphatic rings. The monoisotopic (exact) mass is 361 g/mol. The van der Waals surface area contributed by atoms with Crippen LogP contribution >= 0.6 is 0 Å². The standard InChI is InChI=1S/C16H15N3O5S/c1-2-19-13-7-6-12(9-14(13)24-16(19)21)25(22,23)18-11-5-3-4-10(8-11)15(17)20/h3-9,18H,2H2,1H3,(H2,17,20). The van der Waals surface area contributed by atoms with Crippen LogP contribution in [-0.2, 0) is 16.6 Å². The van der Waals surface area contributed by atoms with Gasteiger partial charge in [0.25, 0.3) is 10.0 Å². The third-order valence-electron chi connectivity index (χ3n) is 3.67. The minimum absolute atomic E-state index is 0.0681. The topological polar surface area (TPSA) is 124 Å². The van der Waals surface area contributed by atoms with Crippen molar-refractivity contribution in [3.05, 3.63) is 58.6 Å². The second-order valence-electron chi connectivity index (χ2n) is 5.29. The van der Waals surface area contributed by atoms with Crippen LogP contribution in [0, 0.1) is 0 Å². The number of hydrogen-bond donors (Lipinski definition) is 2. The molecule has 3 aromatic rings. The van der Waals surface area contributed by atoms with E-state index < -0.39 is 21.7 Å². The molecule has 25 heavy (non-hydrogen) atoms. The average Bonchev–Trinajstić information content (AvgIpc) is 2.88. The Bertz CT molecular complexity index is 1130. The molecule has 0 spiro atoms. The highest BCUT2D eigenvalue weighted by Crippen LogP contribution is 2.21. The van der Waals surface area contributed by atoms with Gasteiger partial charge in [-0.3, -0.25) is 14.1 Å². The minimum atomic E-state index is -3.93. The van der Waals surface area contributed by atoms with E-state index in [1.165, 1.54) is 47.0 Å². The van der Waals surface area contributed by atoms with Crippen molar-refractivity contribution in [2.45, 2.75) is 18.4 Å². The van der Waals surface area contributed by atoms with Crippen molar-refractivity contribution in [3.63, 3.8) is 0 Å². The second kappa shape index (κ2) is 6.10. The summed E-state index contributed by atoms with van der Waals surface area (Å²) < 4.78 is 33.9. The molecule has 0 fully saturated rings. The number of primary amides is 1. The highest BCUT2D eigenvalue weighted by molar-refractivity contribution is 7.92. The highest BCUT2D eigenvalue weighted by atomic mass is 32.2. The van der Waals surface area contributed by atoms with Crippen LogP contribution in [0.3, 0.4) is 0 Å². The molecule has 9 heteroatoms. The largest absolute Gasteiger partial charge is 0.419 e. The Hall–Kier alpha value is -3.07. The number of fused-ring (bicyclic) bond motifs is 1. The molecule has 0 aliphatic carbocycles. The van der Waals surface area contributed by atoms with E-state index in [4.69, 9.17) is 10.2 Å². The molecule has 0 bridgehead atoms. The molecule has 0 saturated carbocycles. The summed E-state index contributed by atoms with van der Waals surface area (Å²) in [5, 5.41) is 0. The number of hydrogen-bond acceptors (Lipinski definition) is 5. The molecule has 0 radical (unpaired) electrons. The highest BCUT2D eigenvalue weighted by Gasteiger charge is 2.18. The molecule has 1 amide bonds. The van der Waals surface area contributed by atoms with Gasteiger partial charge in [-0.25, -0.2) is 13.2 Å². The van der Waals surface area contributed by atoms with Crippen molar-refractivity contribution in [1.29, 1.82) is 0 Å². The van der Waals surface area contributed by atoms with Gasteiger partial charge in [-0.05, 0) is 37.3 Å². The molecule has 0 saturated heterocycles. The van der Waals surface area contributed by atoms with E-state index in [2.05, 4.69) is 4.72 Å². The van der Waals surface area contributed by atoms with Gasteiger partial charge in [0.2, 0.25) is 5.91 Å². The summed E-state index contributed by atoms with van der Waals surface area (Å²) in [6, 6.07) is 10.0. The zero-order valence-electron chi connectivity index (χ0n) is 13.2. The lowest BCUT2D eigenvalue weighted by atomic mass is 10.2. The van der Waals surface area contributed by atoms with E-state index >= 15 is 0 Å². The first kappa shape index (κ1) is 16.8. The van der Waals surface area contributed by atoms with Crippen molar-refractivity contribution < 1.29 is 17.6 Å². The maximum absolute atomic E-state index is 12.5. The van der Waals surface area contributed by atoms with Crippen LogP contribution in [0.4, 0.5) is 5.69 Å². The second-order valence-corrected chi connectivity index (χ2v) is 6.97. The van der Waals surface area contributed by atoms with Crippen LogP contribution in [0.15, 0.2) is 56.6 Å². The molecule has 8 nitrogen and oxygen atoms in total. The van der Waals surface area contributed by atoms with Gasteiger partial charge in [-0.1, -0.05) is 6.07 Å². The summed E-state index contributed by atoms with van der Waals surface area (Å²) in [4.78, 5) is 22.8. The number of nitrogens with two attached hydrogens (primary N) is 1. The number of nitrogens with zero attached hydrogens (tertiary/aromatic N) is 1. The Balaban J connectivity index is 2.00. The van der Waals surface area contributed by atoms with Gasteiger partial charge >= 0.3 is 5.76 Å². The molecule has 1 aromatic heterocycles. The van der Waals surface area contributed by atoms with Gasteiger partial charge in [0, 0.05) is 23.9 Å². The SMILES string of the molecule is CCn1c(=O)oc2cc(S(=O)(=O)Nc3cccc(C(N)=O)c3)ccc21. The van der Waals surface area contributed by atoms with E-state index in [0.29, 0.717) is 12.1 Å². The molecule has 3 N–H and O–H groups in total. The fraction of sp³-hybridized carbons (Fsp3) is 0.125. The summed E-state index contributed by atoms with van der Waals surface area (Å²) in [7, 11) is -3.93. The Kier molecular flexibility index (Phi) is 4.09. The fourth-order valence-corrected chi connectivity index (χ4v) is 3.53. The predicted molar refractivity (Wildman–Crippen MR) is 91.9 cm³/mol. The summed E-state index contributed by atoms with van der Waals surface area (Å²) in [6.07, 6.45) is 0. The zero-order valence-corrected chi connectivity index (χ0v) is 14.0. The molecule has 0 unspecified atom stereocenters. The van der Waals surface area contributed by atoms with Crippen molar-refractivity contribution in [2.75, 3.05) is 4.72 Å². The quantitative estimate of drug-likeness (QED) is 0.713. The van der Waals surface area contributed by atoms with Gasteiger partial charge < -0.3 is 10.2 Å². The number of rotatable bonds is 5. The fourth-order valence-electron chi connectivity index (χ4n) is 2.46. The van der Waals surface area contributed by atoms with Crippen LogP contribution in [0.5, 0.6) is 0 Å². The molecule has 3 rings (SSSR count). The Morgan fingerprint density at radius 2 is 2.00 bits per heavy atom. The molecule has 1 heterocycles. The minimum Gasteiger partial charge on any atom is -0.408 e. The lowest BCUT2D eigenvalue weighted by Crippen LogP contribution is -2.15. The summed E-state index contributed by atoms with van der Waals surface area (Å²) in [6.45, 7) is 2.20. The van der Waals surface area contributed by atoms with Gasteiger partial charge in [0.15, 0.2) is 5.58 Å². The number of nitrogens with one attached hydrogen (secondary N) is 1. The summed E-state index contributed by atoms with van der Waals surface area (Å²) >= 11 is 0. The number of anilines is 1. The Labute approximate surface area is 142 Å². The molecule has 0 aliphatic heterocycles. The Morgan fingerprint density at radius 3 is 2.68 bits per heavy atom. The number of benzene rings is 2. The van der Waals surface area contributed by atoms with E-state index in [1.807, 2.05) is 0 Å². The summed E-state index contributed by atoms with van der Waals surface area (Å²) in [5.74, 6) is -1.21. The lowest BCUT2D eigenvalue weighted by molar-refractivity contribution is 0.100. The van der Waals surface area contributed by atoms with E-state index in [0.717, 1.165) is 0 Å². The molecule has 130 valence electrons. The van der Waals surface area contributed by atoms with Crippen LogP contribution in [0.2, 0.25) is 0 Å². The maximum atomic E-state index is 12.5.